The lowest BCUT2D eigenvalue weighted by Gasteiger charge is -2.32. The number of hydrogen-bond acceptors (Lipinski definition) is 2. The maximum absolute atomic E-state index is 6.30. The molecule has 1 saturated heterocycles. The van der Waals surface area contributed by atoms with E-state index in [2.05, 4.69) is 43.3 Å². The molecular formula is C15H18O2. The Bertz CT molecular complexity index is 418. The van der Waals surface area contributed by atoms with Crippen molar-refractivity contribution >= 4 is 0 Å². The van der Waals surface area contributed by atoms with Crippen LogP contribution >= 0.6 is 0 Å². The van der Waals surface area contributed by atoms with Gasteiger partial charge in [-0.2, -0.15) is 0 Å². The SMILES string of the molecule is CCC1(c2ccccc2)C=CC2(CCCO2)O1. The van der Waals surface area contributed by atoms with E-state index in [1.807, 2.05) is 6.07 Å². The normalized spacial score (nSPS) is 35.8. The molecule has 2 heteroatoms. The molecule has 1 fully saturated rings. The minimum absolute atomic E-state index is 0.300. The van der Waals surface area contributed by atoms with E-state index < -0.39 is 5.79 Å². The van der Waals surface area contributed by atoms with E-state index in [9.17, 15) is 0 Å². The Morgan fingerprint density at radius 1 is 1.18 bits per heavy atom. The first-order valence-corrected chi connectivity index (χ1v) is 6.39. The summed E-state index contributed by atoms with van der Waals surface area (Å²) in [5.41, 5.74) is 0.914. The van der Waals surface area contributed by atoms with Crippen molar-refractivity contribution in [3.05, 3.63) is 48.0 Å². The van der Waals surface area contributed by atoms with Crippen molar-refractivity contribution in [3.63, 3.8) is 0 Å². The van der Waals surface area contributed by atoms with Crippen molar-refractivity contribution in [2.45, 2.75) is 37.6 Å². The van der Waals surface area contributed by atoms with Gasteiger partial charge in [0.15, 0.2) is 5.79 Å². The monoisotopic (exact) mass is 230 g/mol. The van der Waals surface area contributed by atoms with Gasteiger partial charge < -0.3 is 9.47 Å². The molecule has 3 rings (SSSR count). The number of rotatable bonds is 2. The Balaban J connectivity index is 1.94. The third-order valence-electron chi connectivity index (χ3n) is 3.77. The fourth-order valence-electron chi connectivity index (χ4n) is 2.76. The van der Waals surface area contributed by atoms with Gasteiger partial charge in [0.1, 0.15) is 5.60 Å². The van der Waals surface area contributed by atoms with E-state index in [1.54, 1.807) is 0 Å². The second kappa shape index (κ2) is 3.97. The highest BCUT2D eigenvalue weighted by Gasteiger charge is 2.47. The first-order chi connectivity index (χ1) is 8.29. The lowest BCUT2D eigenvalue weighted by atomic mass is 9.91. The largest absolute Gasteiger partial charge is 0.346 e. The van der Waals surface area contributed by atoms with Crippen LogP contribution in [-0.2, 0) is 15.1 Å². The second-order valence-electron chi connectivity index (χ2n) is 4.81. The zero-order chi connectivity index (χ0) is 11.8. The minimum Gasteiger partial charge on any atom is -0.346 e. The fourth-order valence-corrected chi connectivity index (χ4v) is 2.76. The summed E-state index contributed by atoms with van der Waals surface area (Å²) in [6, 6.07) is 10.4. The maximum atomic E-state index is 6.30. The second-order valence-corrected chi connectivity index (χ2v) is 4.81. The van der Waals surface area contributed by atoms with Crippen LogP contribution < -0.4 is 0 Å². The molecule has 0 saturated carbocycles. The first kappa shape index (κ1) is 11.0. The van der Waals surface area contributed by atoms with Gasteiger partial charge in [-0.05, 0) is 30.6 Å². The van der Waals surface area contributed by atoms with Gasteiger partial charge in [-0.25, -0.2) is 0 Å². The molecule has 17 heavy (non-hydrogen) atoms. The molecule has 1 aromatic rings. The van der Waals surface area contributed by atoms with Crippen LogP contribution in [0.25, 0.3) is 0 Å². The van der Waals surface area contributed by atoms with Crippen LogP contribution in [0.15, 0.2) is 42.5 Å². The van der Waals surface area contributed by atoms with E-state index in [1.165, 1.54) is 5.56 Å². The van der Waals surface area contributed by atoms with Crippen molar-refractivity contribution in [1.29, 1.82) is 0 Å². The smallest absolute Gasteiger partial charge is 0.189 e. The highest BCUT2D eigenvalue weighted by Crippen LogP contribution is 2.45. The Labute approximate surface area is 102 Å². The van der Waals surface area contributed by atoms with Crippen molar-refractivity contribution < 1.29 is 9.47 Å². The van der Waals surface area contributed by atoms with E-state index >= 15 is 0 Å². The minimum atomic E-state index is -0.453. The summed E-state index contributed by atoms with van der Waals surface area (Å²) in [7, 11) is 0. The predicted octanol–water partition coefficient (Wildman–Crippen LogP) is 3.39. The highest BCUT2D eigenvalue weighted by atomic mass is 16.7. The summed E-state index contributed by atoms with van der Waals surface area (Å²) in [5.74, 6) is -0.453. The van der Waals surface area contributed by atoms with Gasteiger partial charge in [-0.1, -0.05) is 37.3 Å². The summed E-state index contributed by atoms with van der Waals surface area (Å²) in [6.45, 7) is 2.96. The van der Waals surface area contributed by atoms with Gasteiger partial charge in [0, 0.05) is 6.42 Å². The quantitative estimate of drug-likeness (QED) is 0.725. The molecule has 2 aliphatic rings. The zero-order valence-corrected chi connectivity index (χ0v) is 10.2. The van der Waals surface area contributed by atoms with Crippen LogP contribution in [0.1, 0.15) is 31.7 Å². The molecule has 1 aromatic carbocycles. The van der Waals surface area contributed by atoms with Gasteiger partial charge >= 0.3 is 0 Å². The van der Waals surface area contributed by atoms with Gasteiger partial charge in [0.05, 0.1) is 6.61 Å². The summed E-state index contributed by atoms with van der Waals surface area (Å²) >= 11 is 0. The molecule has 2 nitrogen and oxygen atoms in total. The van der Waals surface area contributed by atoms with Crippen LogP contribution in [0.2, 0.25) is 0 Å². The number of benzene rings is 1. The van der Waals surface area contributed by atoms with E-state index in [0.717, 1.165) is 25.9 Å². The predicted molar refractivity (Wildman–Crippen MR) is 66.6 cm³/mol. The van der Waals surface area contributed by atoms with E-state index in [4.69, 9.17) is 9.47 Å². The molecule has 1 spiro atoms. The standard InChI is InChI=1S/C15H18O2/c1-2-14(13-7-4-3-5-8-13)10-11-15(17-14)9-6-12-16-15/h3-5,7-8,10-11H,2,6,9,12H2,1H3. The first-order valence-electron chi connectivity index (χ1n) is 6.39. The molecule has 2 aliphatic heterocycles. The molecule has 0 aliphatic carbocycles. The Kier molecular flexibility index (Phi) is 2.57. The summed E-state index contributed by atoms with van der Waals surface area (Å²) in [4.78, 5) is 0. The fraction of sp³-hybridized carbons (Fsp3) is 0.467. The van der Waals surface area contributed by atoms with Crippen LogP contribution in [0.4, 0.5) is 0 Å². The molecule has 0 bridgehead atoms. The third-order valence-corrected chi connectivity index (χ3v) is 3.77. The molecular weight excluding hydrogens is 212 g/mol. The molecule has 0 amide bonds. The van der Waals surface area contributed by atoms with Crippen molar-refractivity contribution in [2.75, 3.05) is 6.61 Å². The highest BCUT2D eigenvalue weighted by molar-refractivity contribution is 5.31. The van der Waals surface area contributed by atoms with E-state index in [0.29, 0.717) is 0 Å². The van der Waals surface area contributed by atoms with Crippen molar-refractivity contribution in [2.24, 2.45) is 0 Å². The molecule has 0 aromatic heterocycles. The third kappa shape index (κ3) is 1.72. The molecule has 90 valence electrons. The van der Waals surface area contributed by atoms with Crippen LogP contribution in [0, 0.1) is 0 Å². The lowest BCUT2D eigenvalue weighted by Crippen LogP contribution is -2.34. The van der Waals surface area contributed by atoms with Crippen molar-refractivity contribution in [1.82, 2.24) is 0 Å². The molecule has 2 unspecified atom stereocenters. The summed E-state index contributed by atoms with van der Waals surface area (Å²) in [6.07, 6.45) is 7.26. The average Bonchev–Trinajstić information content (AvgIpc) is 3.00. The maximum Gasteiger partial charge on any atom is 0.189 e. The molecule has 0 radical (unpaired) electrons. The zero-order valence-electron chi connectivity index (χ0n) is 10.2. The Morgan fingerprint density at radius 3 is 2.65 bits per heavy atom. The average molecular weight is 230 g/mol. The Morgan fingerprint density at radius 2 is 2.00 bits per heavy atom. The van der Waals surface area contributed by atoms with Crippen LogP contribution in [0.3, 0.4) is 0 Å². The topological polar surface area (TPSA) is 18.5 Å². The van der Waals surface area contributed by atoms with Gasteiger partial charge in [-0.3, -0.25) is 0 Å². The lowest BCUT2D eigenvalue weighted by molar-refractivity contribution is -0.216. The molecule has 0 N–H and O–H groups in total. The summed E-state index contributed by atoms with van der Waals surface area (Å²) in [5, 5.41) is 0. The van der Waals surface area contributed by atoms with Crippen molar-refractivity contribution in [3.8, 4) is 0 Å². The number of ether oxygens (including phenoxy) is 2. The Hall–Kier alpha value is -1.12. The number of hydrogen-bond donors (Lipinski definition) is 0. The summed E-state index contributed by atoms with van der Waals surface area (Å²) < 4.78 is 12.1. The van der Waals surface area contributed by atoms with Gasteiger partial charge in [-0.15, -0.1) is 0 Å². The molecule has 2 heterocycles. The van der Waals surface area contributed by atoms with E-state index in [-0.39, 0.29) is 5.60 Å². The van der Waals surface area contributed by atoms with Gasteiger partial charge in [0.2, 0.25) is 0 Å². The van der Waals surface area contributed by atoms with Gasteiger partial charge in [0.25, 0.3) is 0 Å². The van der Waals surface area contributed by atoms with Crippen LogP contribution in [-0.4, -0.2) is 12.4 Å². The van der Waals surface area contributed by atoms with Crippen LogP contribution in [0.5, 0.6) is 0 Å². The molecule has 2 atom stereocenters.